The van der Waals surface area contributed by atoms with Crippen molar-refractivity contribution < 1.29 is 18.0 Å². The fourth-order valence-electron chi connectivity index (χ4n) is 1.26. The van der Waals surface area contributed by atoms with E-state index >= 15 is 0 Å². The molecule has 0 aromatic heterocycles. The standard InChI is InChI=1S/C10H8F3IO/c1-5-3-4-7(10(11,12)13)8(6(2)15)9(5)14/h3-4H,1-2H3. The van der Waals surface area contributed by atoms with E-state index in [0.717, 1.165) is 13.0 Å². The minimum absolute atomic E-state index is 0.233. The molecule has 0 aliphatic rings. The molecule has 0 saturated heterocycles. The van der Waals surface area contributed by atoms with Crippen molar-refractivity contribution in [3.05, 3.63) is 32.4 Å². The highest BCUT2D eigenvalue weighted by atomic mass is 127. The van der Waals surface area contributed by atoms with Crippen LogP contribution in [0.5, 0.6) is 0 Å². The van der Waals surface area contributed by atoms with E-state index < -0.39 is 17.5 Å². The second-order valence-electron chi connectivity index (χ2n) is 3.17. The summed E-state index contributed by atoms with van der Waals surface area (Å²) in [6.45, 7) is 2.82. The molecule has 0 atom stereocenters. The molecule has 1 aromatic carbocycles. The average molecular weight is 328 g/mol. The van der Waals surface area contributed by atoms with Gasteiger partial charge in [0.15, 0.2) is 5.78 Å². The average Bonchev–Trinajstić information content (AvgIpc) is 2.06. The second-order valence-corrected chi connectivity index (χ2v) is 4.25. The number of benzene rings is 1. The SMILES string of the molecule is CC(=O)c1c(C(F)(F)F)ccc(C)c1I. The summed E-state index contributed by atoms with van der Waals surface area (Å²) in [5.41, 5.74) is -0.415. The van der Waals surface area contributed by atoms with Crippen LogP contribution in [0.25, 0.3) is 0 Å². The molecule has 15 heavy (non-hydrogen) atoms. The van der Waals surface area contributed by atoms with Crippen LogP contribution in [-0.4, -0.2) is 5.78 Å². The van der Waals surface area contributed by atoms with Crippen molar-refractivity contribution in [2.24, 2.45) is 0 Å². The Morgan fingerprint density at radius 2 is 1.87 bits per heavy atom. The predicted octanol–water partition coefficient (Wildman–Crippen LogP) is 3.82. The summed E-state index contributed by atoms with van der Waals surface area (Å²) in [4.78, 5) is 11.2. The molecule has 0 unspecified atom stereocenters. The van der Waals surface area contributed by atoms with Crippen molar-refractivity contribution in [3.8, 4) is 0 Å². The Morgan fingerprint density at radius 3 is 2.27 bits per heavy atom. The van der Waals surface area contributed by atoms with Gasteiger partial charge >= 0.3 is 6.18 Å². The van der Waals surface area contributed by atoms with E-state index in [-0.39, 0.29) is 5.56 Å². The Bertz CT molecular complexity index is 410. The number of carbonyl (C=O) groups is 1. The lowest BCUT2D eigenvalue weighted by atomic mass is 10.0. The molecule has 0 aliphatic carbocycles. The van der Waals surface area contributed by atoms with Gasteiger partial charge < -0.3 is 0 Å². The quantitative estimate of drug-likeness (QED) is 0.566. The third kappa shape index (κ3) is 2.50. The Morgan fingerprint density at radius 1 is 1.33 bits per heavy atom. The number of hydrogen-bond donors (Lipinski definition) is 0. The Labute approximate surface area is 98.8 Å². The molecule has 0 fully saturated rings. The van der Waals surface area contributed by atoms with E-state index in [1.54, 1.807) is 29.5 Å². The third-order valence-electron chi connectivity index (χ3n) is 1.99. The molecule has 82 valence electrons. The van der Waals surface area contributed by atoms with Crippen molar-refractivity contribution in [3.63, 3.8) is 0 Å². The van der Waals surface area contributed by atoms with Gasteiger partial charge in [0.1, 0.15) is 0 Å². The van der Waals surface area contributed by atoms with Gasteiger partial charge in [0, 0.05) is 9.13 Å². The van der Waals surface area contributed by atoms with Crippen LogP contribution in [0.15, 0.2) is 12.1 Å². The third-order valence-corrected chi connectivity index (χ3v) is 3.38. The van der Waals surface area contributed by atoms with Gasteiger partial charge in [-0.05, 0) is 48.1 Å². The molecule has 0 heterocycles. The fraction of sp³-hybridized carbons (Fsp3) is 0.300. The van der Waals surface area contributed by atoms with E-state index in [2.05, 4.69) is 0 Å². The van der Waals surface area contributed by atoms with Crippen LogP contribution in [0.4, 0.5) is 13.2 Å². The monoisotopic (exact) mass is 328 g/mol. The lowest BCUT2D eigenvalue weighted by Gasteiger charge is -2.13. The van der Waals surface area contributed by atoms with E-state index in [1.165, 1.54) is 6.07 Å². The van der Waals surface area contributed by atoms with Crippen LogP contribution >= 0.6 is 22.6 Å². The maximum Gasteiger partial charge on any atom is 0.417 e. The molecule has 0 aliphatic heterocycles. The zero-order valence-electron chi connectivity index (χ0n) is 8.07. The molecule has 1 aromatic rings. The molecule has 0 radical (unpaired) electrons. The number of rotatable bonds is 1. The topological polar surface area (TPSA) is 17.1 Å². The van der Waals surface area contributed by atoms with E-state index in [1.807, 2.05) is 0 Å². The largest absolute Gasteiger partial charge is 0.417 e. The summed E-state index contributed by atoms with van der Waals surface area (Å²) in [5.74, 6) is -0.560. The molecule has 1 nitrogen and oxygen atoms in total. The van der Waals surface area contributed by atoms with Crippen molar-refractivity contribution >= 4 is 28.4 Å². The molecular weight excluding hydrogens is 320 g/mol. The Hall–Kier alpha value is -0.590. The lowest BCUT2D eigenvalue weighted by Crippen LogP contribution is -2.14. The molecule has 5 heteroatoms. The van der Waals surface area contributed by atoms with Gasteiger partial charge in [0.25, 0.3) is 0 Å². The van der Waals surface area contributed by atoms with Crippen LogP contribution in [0.3, 0.4) is 0 Å². The number of halogens is 4. The Balaban J connectivity index is 3.55. The first-order chi connectivity index (χ1) is 6.75. The summed E-state index contributed by atoms with van der Waals surface area (Å²) < 4.78 is 38.1. The lowest BCUT2D eigenvalue weighted by molar-refractivity contribution is -0.138. The van der Waals surface area contributed by atoms with Crippen LogP contribution in [0.2, 0.25) is 0 Å². The number of carbonyl (C=O) groups excluding carboxylic acids is 1. The van der Waals surface area contributed by atoms with Gasteiger partial charge in [-0.2, -0.15) is 13.2 Å². The highest BCUT2D eigenvalue weighted by Gasteiger charge is 2.35. The maximum absolute atomic E-state index is 12.6. The van der Waals surface area contributed by atoms with E-state index in [0.29, 0.717) is 9.13 Å². The van der Waals surface area contributed by atoms with Gasteiger partial charge in [0.05, 0.1) is 5.56 Å². The van der Waals surface area contributed by atoms with Crippen LogP contribution < -0.4 is 0 Å². The summed E-state index contributed by atoms with van der Waals surface area (Å²) in [5, 5.41) is 0. The highest BCUT2D eigenvalue weighted by Crippen LogP contribution is 2.35. The molecular formula is C10H8F3IO. The van der Waals surface area contributed by atoms with Crippen LogP contribution in [0, 0.1) is 10.5 Å². The Kier molecular flexibility index (Phi) is 3.42. The summed E-state index contributed by atoms with van der Waals surface area (Å²) in [6, 6.07) is 2.32. The van der Waals surface area contributed by atoms with E-state index in [9.17, 15) is 18.0 Å². The van der Waals surface area contributed by atoms with Crippen molar-refractivity contribution in [2.75, 3.05) is 0 Å². The van der Waals surface area contributed by atoms with Gasteiger partial charge in [0.2, 0.25) is 0 Å². The smallest absolute Gasteiger partial charge is 0.294 e. The summed E-state index contributed by atoms with van der Waals surface area (Å²) >= 11 is 1.76. The highest BCUT2D eigenvalue weighted by molar-refractivity contribution is 14.1. The molecule has 0 saturated carbocycles. The number of alkyl halides is 3. The maximum atomic E-state index is 12.6. The first-order valence-corrected chi connectivity index (χ1v) is 5.20. The fourth-order valence-corrected chi connectivity index (χ4v) is 2.11. The minimum Gasteiger partial charge on any atom is -0.294 e. The molecule has 0 spiro atoms. The minimum atomic E-state index is -4.48. The van der Waals surface area contributed by atoms with Gasteiger partial charge in [-0.15, -0.1) is 0 Å². The molecule has 1 rings (SSSR count). The van der Waals surface area contributed by atoms with Crippen molar-refractivity contribution in [1.82, 2.24) is 0 Å². The number of hydrogen-bond acceptors (Lipinski definition) is 1. The van der Waals surface area contributed by atoms with E-state index in [4.69, 9.17) is 0 Å². The van der Waals surface area contributed by atoms with Gasteiger partial charge in [-0.3, -0.25) is 4.79 Å². The molecule has 0 amide bonds. The summed E-state index contributed by atoms with van der Waals surface area (Å²) in [6.07, 6.45) is -4.48. The molecule has 0 bridgehead atoms. The van der Waals surface area contributed by atoms with Crippen LogP contribution in [0.1, 0.15) is 28.4 Å². The second kappa shape index (κ2) is 4.11. The number of aryl methyl sites for hydroxylation is 1. The first-order valence-electron chi connectivity index (χ1n) is 4.12. The van der Waals surface area contributed by atoms with Crippen molar-refractivity contribution in [2.45, 2.75) is 20.0 Å². The molecule has 0 N–H and O–H groups in total. The normalized spacial score (nSPS) is 11.6. The number of ketones is 1. The first kappa shape index (κ1) is 12.5. The van der Waals surface area contributed by atoms with Crippen molar-refractivity contribution in [1.29, 1.82) is 0 Å². The zero-order valence-corrected chi connectivity index (χ0v) is 10.2. The number of Topliss-reactive ketones (excluding diaryl/α,β-unsaturated/α-hetero) is 1. The van der Waals surface area contributed by atoms with Gasteiger partial charge in [-0.25, -0.2) is 0 Å². The summed E-state index contributed by atoms with van der Waals surface area (Å²) in [7, 11) is 0. The predicted molar refractivity (Wildman–Crippen MR) is 58.9 cm³/mol. The van der Waals surface area contributed by atoms with Gasteiger partial charge in [-0.1, -0.05) is 6.07 Å². The zero-order chi connectivity index (χ0) is 11.8. The van der Waals surface area contributed by atoms with Crippen LogP contribution in [-0.2, 0) is 6.18 Å².